The van der Waals surface area contributed by atoms with Crippen LogP contribution < -0.4 is 4.74 Å². The highest BCUT2D eigenvalue weighted by molar-refractivity contribution is 7.89. The van der Waals surface area contributed by atoms with Crippen LogP contribution in [0.3, 0.4) is 0 Å². The predicted molar refractivity (Wildman–Crippen MR) is 142 cm³/mol. The van der Waals surface area contributed by atoms with Gasteiger partial charge in [0.1, 0.15) is 10.6 Å². The first-order valence-electron chi connectivity index (χ1n) is 13.4. The van der Waals surface area contributed by atoms with Crippen LogP contribution >= 0.6 is 0 Å². The Kier molecular flexibility index (Phi) is 6.68. The summed E-state index contributed by atoms with van der Waals surface area (Å²) >= 11 is 0. The Balaban J connectivity index is 1.32. The second-order valence-electron chi connectivity index (χ2n) is 11.2. The van der Waals surface area contributed by atoms with Gasteiger partial charge in [0, 0.05) is 61.3 Å². The average Bonchev–Trinajstić information content (AvgIpc) is 3.41. The number of aromatic nitrogens is 2. The Morgan fingerprint density at radius 3 is 2.62 bits per heavy atom. The maximum atomic E-state index is 14.0. The summed E-state index contributed by atoms with van der Waals surface area (Å²) in [5.74, 6) is -1.83. The van der Waals surface area contributed by atoms with Crippen LogP contribution in [0, 0.1) is 12.3 Å². The summed E-state index contributed by atoms with van der Waals surface area (Å²) < 4.78 is 66.8. The number of fused-ring (bicyclic) bond motifs is 1. The molecule has 3 aromatic rings. The van der Waals surface area contributed by atoms with E-state index < -0.39 is 21.4 Å². The summed E-state index contributed by atoms with van der Waals surface area (Å²) in [7, 11) is -2.02. The highest BCUT2D eigenvalue weighted by Gasteiger charge is 2.58. The van der Waals surface area contributed by atoms with E-state index in [4.69, 9.17) is 9.47 Å². The van der Waals surface area contributed by atoms with Crippen LogP contribution in [0.5, 0.6) is 5.75 Å². The quantitative estimate of drug-likeness (QED) is 0.472. The molecule has 0 bridgehead atoms. The number of aryl methyl sites for hydroxylation is 1. The van der Waals surface area contributed by atoms with Gasteiger partial charge < -0.3 is 14.5 Å². The van der Waals surface area contributed by atoms with E-state index in [1.165, 1.54) is 10.5 Å². The van der Waals surface area contributed by atoms with Gasteiger partial charge in [0.05, 0.1) is 32.1 Å². The van der Waals surface area contributed by atoms with Gasteiger partial charge in [-0.3, -0.25) is 9.88 Å². The van der Waals surface area contributed by atoms with Crippen molar-refractivity contribution in [3.05, 3.63) is 53.5 Å². The van der Waals surface area contributed by atoms with Crippen molar-refractivity contribution >= 4 is 20.9 Å². The van der Waals surface area contributed by atoms with Crippen LogP contribution in [0.1, 0.15) is 48.5 Å². The molecule has 1 aliphatic carbocycles. The molecule has 3 aliphatic rings. The number of methoxy groups -OCH3 is 1. The molecule has 210 valence electrons. The van der Waals surface area contributed by atoms with Gasteiger partial charge in [-0.05, 0) is 61.6 Å². The summed E-state index contributed by atoms with van der Waals surface area (Å²) in [6.45, 7) is 4.58. The van der Waals surface area contributed by atoms with Gasteiger partial charge in [-0.25, -0.2) is 17.2 Å². The number of benzene rings is 1. The van der Waals surface area contributed by atoms with Gasteiger partial charge in [-0.1, -0.05) is 0 Å². The minimum atomic E-state index is -3.68. The number of aromatic amines is 1. The Bertz CT molecular complexity index is 1460. The molecule has 8 nitrogen and oxygen atoms in total. The van der Waals surface area contributed by atoms with E-state index in [1.54, 1.807) is 19.2 Å². The molecule has 1 spiro atoms. The number of nitrogens with zero attached hydrogens (tertiary/aromatic N) is 3. The summed E-state index contributed by atoms with van der Waals surface area (Å²) in [5.41, 5.74) is 3.43. The molecule has 1 unspecified atom stereocenters. The Morgan fingerprint density at radius 2 is 1.95 bits per heavy atom. The van der Waals surface area contributed by atoms with Gasteiger partial charge in [-0.2, -0.15) is 4.31 Å². The van der Waals surface area contributed by atoms with Crippen molar-refractivity contribution in [1.82, 2.24) is 19.2 Å². The van der Waals surface area contributed by atoms with Crippen LogP contribution in [-0.2, 0) is 21.3 Å². The van der Waals surface area contributed by atoms with Crippen LogP contribution in [0.25, 0.3) is 10.9 Å². The minimum Gasteiger partial charge on any atom is -0.496 e. The molecule has 0 amide bonds. The zero-order valence-electron chi connectivity index (χ0n) is 22.3. The van der Waals surface area contributed by atoms with Crippen LogP contribution in [0.2, 0.25) is 0 Å². The van der Waals surface area contributed by atoms with E-state index in [-0.39, 0.29) is 23.8 Å². The highest BCUT2D eigenvalue weighted by Crippen LogP contribution is 2.60. The topological polar surface area (TPSA) is 87.8 Å². The van der Waals surface area contributed by atoms with Crippen molar-refractivity contribution in [2.75, 3.05) is 40.0 Å². The van der Waals surface area contributed by atoms with Crippen LogP contribution in [0.4, 0.5) is 8.78 Å². The second kappa shape index (κ2) is 9.79. The van der Waals surface area contributed by atoms with E-state index >= 15 is 0 Å². The summed E-state index contributed by atoms with van der Waals surface area (Å²) in [6.07, 6.45) is 4.34. The lowest BCUT2D eigenvalue weighted by Gasteiger charge is -2.54. The maximum absolute atomic E-state index is 14.0. The number of morpholine rings is 1. The van der Waals surface area contributed by atoms with Crippen molar-refractivity contribution in [1.29, 1.82) is 0 Å². The van der Waals surface area contributed by atoms with E-state index in [9.17, 15) is 17.2 Å². The molecule has 6 rings (SSSR count). The van der Waals surface area contributed by atoms with Gasteiger partial charge in [0.15, 0.2) is 0 Å². The maximum Gasteiger partial charge on any atom is 0.249 e. The van der Waals surface area contributed by atoms with E-state index in [2.05, 4.69) is 14.9 Å². The number of hydrogen-bond donors (Lipinski definition) is 1. The largest absolute Gasteiger partial charge is 0.496 e. The lowest BCUT2D eigenvalue weighted by molar-refractivity contribution is -0.186. The van der Waals surface area contributed by atoms with Gasteiger partial charge >= 0.3 is 0 Å². The molecular formula is C28H34F2N4O4S. The van der Waals surface area contributed by atoms with Gasteiger partial charge in [-0.15, -0.1) is 0 Å². The molecular weight excluding hydrogens is 526 g/mol. The molecule has 4 heterocycles. The number of hydrogen-bond acceptors (Lipinski definition) is 6. The smallest absolute Gasteiger partial charge is 0.249 e. The van der Waals surface area contributed by atoms with Crippen molar-refractivity contribution in [3.63, 3.8) is 0 Å². The Hall–Kier alpha value is -2.60. The third-order valence-electron chi connectivity index (χ3n) is 8.66. The molecule has 0 radical (unpaired) electrons. The van der Waals surface area contributed by atoms with Gasteiger partial charge in [0.25, 0.3) is 0 Å². The molecule has 1 aromatic carbocycles. The summed E-state index contributed by atoms with van der Waals surface area (Å²) in [5, 5.41) is 1.07. The molecule has 11 heteroatoms. The average molecular weight is 561 g/mol. The number of pyridine rings is 1. The normalized spacial score (nSPS) is 23.6. The lowest BCUT2D eigenvalue weighted by atomic mass is 9.59. The molecule has 1 N–H and O–H groups in total. The zero-order chi connectivity index (χ0) is 27.4. The molecule has 2 aromatic heterocycles. The van der Waals surface area contributed by atoms with E-state index in [1.807, 2.05) is 25.3 Å². The molecule has 1 saturated carbocycles. The predicted octanol–water partition coefficient (Wildman–Crippen LogP) is 4.65. The Morgan fingerprint density at radius 1 is 1.18 bits per heavy atom. The Labute approximate surface area is 227 Å². The number of ether oxygens (including phenoxy) is 2. The summed E-state index contributed by atoms with van der Waals surface area (Å²) in [4.78, 5) is 10.3. The number of sulfonamides is 1. The molecule has 3 fully saturated rings. The van der Waals surface area contributed by atoms with E-state index in [0.29, 0.717) is 57.9 Å². The molecule has 2 aliphatic heterocycles. The monoisotopic (exact) mass is 560 g/mol. The van der Waals surface area contributed by atoms with E-state index in [0.717, 1.165) is 27.8 Å². The number of rotatable bonds is 6. The molecule has 1 atom stereocenters. The van der Waals surface area contributed by atoms with Gasteiger partial charge in [0.2, 0.25) is 15.9 Å². The lowest BCUT2D eigenvalue weighted by Crippen LogP contribution is -2.53. The minimum absolute atomic E-state index is 0.107. The fourth-order valence-electron chi connectivity index (χ4n) is 6.69. The number of nitrogens with one attached hydrogen (secondary N) is 1. The number of H-pyrrole nitrogens is 1. The number of piperidine rings is 1. The standard InChI is InChI=1S/C28H34F2N4O4S/c1-19-13-25(37-2)22(21-5-7-31-26(19)21)16-33-8-6-27(17-28(29,30)18-27)14-24(33)23-4-3-20(15-32-23)39(35,36)34-9-11-38-12-10-34/h3-5,7,13,15,24,31H,6,8-12,14,16-18H2,1-2H3. The first-order chi connectivity index (χ1) is 18.6. The molecule has 39 heavy (non-hydrogen) atoms. The number of alkyl halides is 2. The fourth-order valence-corrected chi connectivity index (χ4v) is 8.04. The third kappa shape index (κ3) is 4.83. The first kappa shape index (κ1) is 26.6. The number of likely N-dealkylation sites (tertiary alicyclic amines) is 1. The zero-order valence-corrected chi connectivity index (χ0v) is 23.1. The first-order valence-corrected chi connectivity index (χ1v) is 14.8. The third-order valence-corrected chi connectivity index (χ3v) is 10.5. The SMILES string of the molecule is COc1cc(C)c2[nH]ccc2c1CN1CCC2(CC1c1ccc(S(=O)(=O)N3CCOCC3)cn1)CC(F)(F)C2. The summed E-state index contributed by atoms with van der Waals surface area (Å²) in [6, 6.07) is 7.18. The van der Waals surface area contributed by atoms with Crippen molar-refractivity contribution in [2.24, 2.45) is 5.41 Å². The second-order valence-corrected chi connectivity index (χ2v) is 13.2. The van der Waals surface area contributed by atoms with Crippen LogP contribution in [0.15, 0.2) is 41.6 Å². The van der Waals surface area contributed by atoms with Crippen molar-refractivity contribution in [2.45, 2.75) is 56.0 Å². The fraction of sp³-hybridized carbons (Fsp3) is 0.536. The highest BCUT2D eigenvalue weighted by atomic mass is 32.2. The van der Waals surface area contributed by atoms with Crippen molar-refractivity contribution in [3.8, 4) is 5.75 Å². The number of halogens is 2. The molecule has 2 saturated heterocycles. The van der Waals surface area contributed by atoms with Crippen LogP contribution in [-0.4, -0.2) is 73.5 Å². The van der Waals surface area contributed by atoms with Crippen molar-refractivity contribution < 1.29 is 26.7 Å².